The molecule has 0 amide bonds. The van der Waals surface area contributed by atoms with Crippen molar-refractivity contribution in [1.29, 1.82) is 0 Å². The Labute approximate surface area is 184 Å². The normalized spacial score (nSPS) is 15.9. The lowest BCUT2D eigenvalue weighted by Gasteiger charge is -2.34. The van der Waals surface area contributed by atoms with Gasteiger partial charge in [-0.25, -0.2) is 18.7 Å². The lowest BCUT2D eigenvalue weighted by molar-refractivity contribution is 0.0938. The summed E-state index contributed by atoms with van der Waals surface area (Å²) in [7, 11) is 0. The number of alkyl halides is 1. The van der Waals surface area contributed by atoms with E-state index in [0.717, 1.165) is 50.8 Å². The molecule has 2 heterocycles. The van der Waals surface area contributed by atoms with Crippen LogP contribution in [0.4, 0.5) is 8.78 Å². The molecule has 168 valence electrons. The van der Waals surface area contributed by atoms with Crippen LogP contribution in [-0.2, 0) is 6.42 Å². The number of ketones is 1. The van der Waals surface area contributed by atoms with Gasteiger partial charge in [0.15, 0.2) is 11.6 Å². The van der Waals surface area contributed by atoms with Gasteiger partial charge in [-0.2, -0.15) is 0 Å². The van der Waals surface area contributed by atoms with Crippen molar-refractivity contribution < 1.29 is 13.6 Å². The molecule has 6 heteroatoms. The number of aryl methyl sites for hydroxylation is 1. The van der Waals surface area contributed by atoms with Crippen molar-refractivity contribution >= 4 is 5.78 Å². The van der Waals surface area contributed by atoms with Gasteiger partial charge >= 0.3 is 0 Å². The van der Waals surface area contributed by atoms with Crippen LogP contribution in [-0.4, -0.2) is 46.0 Å². The number of hydrogen-bond donors (Lipinski definition) is 0. The molecule has 3 rings (SSSR count). The van der Waals surface area contributed by atoms with E-state index in [9.17, 15) is 13.6 Å². The Bertz CT molecular complexity index is 869. The molecule has 0 unspecified atom stereocenters. The van der Waals surface area contributed by atoms with Gasteiger partial charge < -0.3 is 4.90 Å². The van der Waals surface area contributed by atoms with E-state index in [1.165, 1.54) is 12.1 Å². The summed E-state index contributed by atoms with van der Waals surface area (Å²) in [5.41, 5.74) is 0.625. The van der Waals surface area contributed by atoms with Gasteiger partial charge in [-0.1, -0.05) is 19.4 Å². The highest BCUT2D eigenvalue weighted by molar-refractivity contribution is 5.96. The lowest BCUT2D eigenvalue weighted by Crippen LogP contribution is -2.41. The van der Waals surface area contributed by atoms with Crippen molar-refractivity contribution in [3.8, 4) is 11.4 Å². The predicted molar refractivity (Wildman–Crippen MR) is 119 cm³/mol. The molecule has 0 atom stereocenters. The van der Waals surface area contributed by atoms with Gasteiger partial charge in [0.2, 0.25) is 0 Å². The van der Waals surface area contributed by atoms with Crippen LogP contribution in [0.5, 0.6) is 0 Å². The third-order valence-corrected chi connectivity index (χ3v) is 5.94. The maximum absolute atomic E-state index is 14.2. The molecule has 4 nitrogen and oxygen atoms in total. The Hall–Kier alpha value is -2.21. The molecule has 0 bridgehead atoms. The summed E-state index contributed by atoms with van der Waals surface area (Å²) in [5, 5.41) is 0. The Morgan fingerprint density at radius 1 is 1.19 bits per heavy atom. The average Bonchev–Trinajstić information content (AvgIpc) is 2.74. The van der Waals surface area contributed by atoms with Crippen molar-refractivity contribution in [2.45, 2.75) is 65.0 Å². The monoisotopic (exact) mass is 429 g/mol. The summed E-state index contributed by atoms with van der Waals surface area (Å²) in [6.07, 6.45) is 9.29. The number of halogens is 2. The molecule has 1 aromatic carbocycles. The van der Waals surface area contributed by atoms with Gasteiger partial charge in [0.25, 0.3) is 0 Å². The van der Waals surface area contributed by atoms with Crippen molar-refractivity contribution in [2.24, 2.45) is 5.92 Å². The number of rotatable bonds is 9. The fourth-order valence-corrected chi connectivity index (χ4v) is 4.26. The van der Waals surface area contributed by atoms with E-state index in [0.29, 0.717) is 23.9 Å². The zero-order valence-electron chi connectivity index (χ0n) is 18.8. The molecule has 1 saturated heterocycles. The van der Waals surface area contributed by atoms with Crippen LogP contribution < -0.4 is 0 Å². The van der Waals surface area contributed by atoms with Crippen LogP contribution in [0.2, 0.25) is 0 Å². The maximum atomic E-state index is 14.2. The highest BCUT2D eigenvalue weighted by Crippen LogP contribution is 2.25. The summed E-state index contributed by atoms with van der Waals surface area (Å²) in [6, 6.07) is 4.53. The second-order valence-corrected chi connectivity index (χ2v) is 9.22. The molecule has 0 aliphatic carbocycles. The van der Waals surface area contributed by atoms with Crippen molar-refractivity contribution in [3.63, 3.8) is 0 Å². The minimum atomic E-state index is -1.13. The first-order chi connectivity index (χ1) is 14.7. The van der Waals surface area contributed by atoms with Gasteiger partial charge in [0, 0.05) is 30.9 Å². The van der Waals surface area contributed by atoms with Crippen molar-refractivity contribution in [3.05, 3.63) is 47.5 Å². The van der Waals surface area contributed by atoms with E-state index in [1.54, 1.807) is 39.2 Å². The third kappa shape index (κ3) is 6.89. The predicted octanol–water partition coefficient (Wildman–Crippen LogP) is 5.66. The zero-order valence-corrected chi connectivity index (χ0v) is 18.8. The number of piperidine rings is 1. The van der Waals surface area contributed by atoms with Gasteiger partial charge in [-0.05, 0) is 76.2 Å². The van der Waals surface area contributed by atoms with E-state index < -0.39 is 11.5 Å². The number of aromatic nitrogens is 2. The van der Waals surface area contributed by atoms with E-state index in [1.807, 2.05) is 0 Å². The zero-order chi connectivity index (χ0) is 22.4. The minimum absolute atomic E-state index is 0.113. The largest absolute Gasteiger partial charge is 0.300 e. The standard InChI is InChI=1S/C25H33F2N3O/c1-4-23(31)21-9-8-20(14-22(21)26)24-28-15-19(16-29-24)7-5-6-18-10-12-30(13-11-18)17-25(2,3)27/h8-9,14-16,18H,4-7,10-13,17H2,1-3H3. The number of hydrogen-bond acceptors (Lipinski definition) is 4. The minimum Gasteiger partial charge on any atom is -0.300 e. The van der Waals surface area contributed by atoms with E-state index in [2.05, 4.69) is 14.9 Å². The summed E-state index contributed by atoms with van der Waals surface area (Å²) < 4.78 is 28.0. The Balaban J connectivity index is 1.46. The second-order valence-electron chi connectivity index (χ2n) is 9.22. The highest BCUT2D eigenvalue weighted by atomic mass is 19.1. The van der Waals surface area contributed by atoms with Crippen LogP contribution in [0.3, 0.4) is 0 Å². The van der Waals surface area contributed by atoms with Crippen LogP contribution in [0.25, 0.3) is 11.4 Å². The molecule has 1 aliphatic heterocycles. The van der Waals surface area contributed by atoms with Gasteiger partial charge in [0.1, 0.15) is 11.5 Å². The fraction of sp³-hybridized carbons (Fsp3) is 0.560. The lowest BCUT2D eigenvalue weighted by atomic mass is 9.90. The quantitative estimate of drug-likeness (QED) is 0.483. The van der Waals surface area contributed by atoms with Gasteiger partial charge in [-0.3, -0.25) is 4.79 Å². The Morgan fingerprint density at radius 3 is 2.45 bits per heavy atom. The first-order valence-corrected chi connectivity index (χ1v) is 11.3. The van der Waals surface area contributed by atoms with Gasteiger partial charge in [-0.15, -0.1) is 0 Å². The Morgan fingerprint density at radius 2 is 1.87 bits per heavy atom. The van der Waals surface area contributed by atoms with E-state index in [-0.39, 0.29) is 17.8 Å². The molecule has 1 aliphatic rings. The third-order valence-electron chi connectivity index (χ3n) is 5.94. The van der Waals surface area contributed by atoms with Crippen LogP contribution in [0.1, 0.15) is 68.8 Å². The molecule has 0 N–H and O–H groups in total. The number of nitrogens with zero attached hydrogens (tertiary/aromatic N) is 3. The average molecular weight is 430 g/mol. The molecule has 0 saturated carbocycles. The number of carbonyl (C=O) groups is 1. The topological polar surface area (TPSA) is 46.1 Å². The molecule has 1 aromatic heterocycles. The molecular weight excluding hydrogens is 396 g/mol. The SMILES string of the molecule is CCC(=O)c1ccc(-c2ncc(CCCC3CCN(CC(C)(C)F)CC3)cn2)cc1F. The number of carbonyl (C=O) groups excluding carboxylic acids is 1. The summed E-state index contributed by atoms with van der Waals surface area (Å²) in [4.78, 5) is 22.7. The summed E-state index contributed by atoms with van der Waals surface area (Å²) in [6.45, 7) is 7.49. The first-order valence-electron chi connectivity index (χ1n) is 11.3. The van der Waals surface area contributed by atoms with E-state index in [4.69, 9.17) is 0 Å². The second kappa shape index (κ2) is 10.4. The highest BCUT2D eigenvalue weighted by Gasteiger charge is 2.25. The molecule has 0 spiro atoms. The molecule has 2 aromatic rings. The fourth-order valence-electron chi connectivity index (χ4n) is 4.26. The van der Waals surface area contributed by atoms with Crippen LogP contribution in [0.15, 0.2) is 30.6 Å². The number of likely N-dealkylation sites (tertiary alicyclic amines) is 1. The van der Waals surface area contributed by atoms with Crippen LogP contribution in [0, 0.1) is 11.7 Å². The van der Waals surface area contributed by atoms with Crippen molar-refractivity contribution in [2.75, 3.05) is 19.6 Å². The van der Waals surface area contributed by atoms with Crippen molar-refractivity contribution in [1.82, 2.24) is 14.9 Å². The Kier molecular flexibility index (Phi) is 7.87. The van der Waals surface area contributed by atoms with E-state index >= 15 is 0 Å². The van der Waals surface area contributed by atoms with Gasteiger partial charge in [0.05, 0.1) is 5.56 Å². The molecule has 0 radical (unpaired) electrons. The smallest absolute Gasteiger partial charge is 0.165 e. The summed E-state index contributed by atoms with van der Waals surface area (Å²) in [5.74, 6) is 0.420. The summed E-state index contributed by atoms with van der Waals surface area (Å²) >= 11 is 0. The maximum Gasteiger partial charge on any atom is 0.165 e. The molecule has 1 fully saturated rings. The number of Topliss-reactive ketones (excluding diaryl/α,β-unsaturated/α-hetero) is 1. The first kappa shape index (κ1) is 23.5. The molecule has 31 heavy (non-hydrogen) atoms. The number of benzene rings is 1. The molecular formula is C25H33F2N3O. The van der Waals surface area contributed by atoms with Crippen LogP contribution >= 0.6 is 0 Å².